The van der Waals surface area contributed by atoms with Crippen LogP contribution in [0.2, 0.25) is 0 Å². The van der Waals surface area contributed by atoms with Crippen LogP contribution in [0.15, 0.2) is 18.2 Å². The molecule has 3 unspecified atom stereocenters. The first-order valence-corrected chi connectivity index (χ1v) is 8.13. The molecular weight excluding hydrogens is 264 g/mol. The van der Waals surface area contributed by atoms with Crippen LogP contribution in [0.5, 0.6) is 11.5 Å². The Morgan fingerprint density at radius 2 is 2.00 bits per heavy atom. The predicted octanol–water partition coefficient (Wildman–Crippen LogP) is 4.39. The SMILES string of the molecule is CC1CCC(C(C)C)C(OCc2ccc3c(c2)OCO3)C1. The first-order chi connectivity index (χ1) is 10.1. The molecule has 0 radical (unpaired) electrons. The summed E-state index contributed by atoms with van der Waals surface area (Å²) in [5.74, 6) is 3.84. The lowest BCUT2D eigenvalue weighted by molar-refractivity contribution is -0.0473. The van der Waals surface area contributed by atoms with Crippen molar-refractivity contribution in [2.24, 2.45) is 17.8 Å². The fourth-order valence-electron chi connectivity index (χ4n) is 3.54. The Balaban J connectivity index is 1.62. The van der Waals surface area contributed by atoms with Crippen molar-refractivity contribution in [2.75, 3.05) is 6.79 Å². The van der Waals surface area contributed by atoms with Gasteiger partial charge in [-0.3, -0.25) is 0 Å². The Morgan fingerprint density at radius 1 is 1.19 bits per heavy atom. The van der Waals surface area contributed by atoms with Gasteiger partial charge in [0.25, 0.3) is 0 Å². The quantitative estimate of drug-likeness (QED) is 0.823. The molecule has 3 atom stereocenters. The minimum atomic E-state index is 0.329. The van der Waals surface area contributed by atoms with Crippen molar-refractivity contribution in [3.63, 3.8) is 0 Å². The highest BCUT2D eigenvalue weighted by molar-refractivity contribution is 5.44. The minimum Gasteiger partial charge on any atom is -0.454 e. The van der Waals surface area contributed by atoms with Gasteiger partial charge >= 0.3 is 0 Å². The van der Waals surface area contributed by atoms with E-state index in [2.05, 4.69) is 26.8 Å². The number of fused-ring (bicyclic) bond motifs is 1. The van der Waals surface area contributed by atoms with E-state index in [1.165, 1.54) is 24.8 Å². The number of benzene rings is 1. The van der Waals surface area contributed by atoms with E-state index in [1.807, 2.05) is 12.1 Å². The van der Waals surface area contributed by atoms with E-state index in [-0.39, 0.29) is 0 Å². The average molecular weight is 290 g/mol. The number of rotatable bonds is 4. The van der Waals surface area contributed by atoms with Gasteiger partial charge in [-0.25, -0.2) is 0 Å². The lowest BCUT2D eigenvalue weighted by Gasteiger charge is -2.37. The van der Waals surface area contributed by atoms with E-state index in [0.717, 1.165) is 17.4 Å². The van der Waals surface area contributed by atoms with Gasteiger partial charge in [0.1, 0.15) is 0 Å². The molecule has 1 aliphatic carbocycles. The van der Waals surface area contributed by atoms with Crippen LogP contribution in [0.25, 0.3) is 0 Å². The van der Waals surface area contributed by atoms with Gasteiger partial charge in [-0.1, -0.05) is 33.3 Å². The Kier molecular flexibility index (Phi) is 4.39. The number of hydrogen-bond acceptors (Lipinski definition) is 3. The van der Waals surface area contributed by atoms with E-state index in [0.29, 0.717) is 31.3 Å². The third-order valence-corrected chi connectivity index (χ3v) is 4.86. The third kappa shape index (κ3) is 3.34. The fraction of sp³-hybridized carbons (Fsp3) is 0.667. The summed E-state index contributed by atoms with van der Waals surface area (Å²) in [6, 6.07) is 6.09. The zero-order chi connectivity index (χ0) is 14.8. The second-order valence-electron chi connectivity index (χ2n) is 6.86. The molecule has 1 saturated carbocycles. The highest BCUT2D eigenvalue weighted by Gasteiger charge is 2.31. The summed E-state index contributed by atoms with van der Waals surface area (Å²) in [5, 5.41) is 0. The van der Waals surface area contributed by atoms with Crippen LogP contribution < -0.4 is 9.47 Å². The molecule has 1 aliphatic heterocycles. The molecule has 2 aliphatic rings. The van der Waals surface area contributed by atoms with Crippen molar-refractivity contribution in [1.82, 2.24) is 0 Å². The molecule has 1 fully saturated rings. The van der Waals surface area contributed by atoms with Gasteiger partial charge in [0, 0.05) is 0 Å². The molecule has 1 heterocycles. The Hall–Kier alpha value is -1.22. The van der Waals surface area contributed by atoms with Crippen LogP contribution in [0.1, 0.15) is 45.6 Å². The zero-order valence-corrected chi connectivity index (χ0v) is 13.3. The van der Waals surface area contributed by atoms with Crippen molar-refractivity contribution in [1.29, 1.82) is 0 Å². The second-order valence-corrected chi connectivity index (χ2v) is 6.86. The Bertz CT molecular complexity index is 483. The van der Waals surface area contributed by atoms with Crippen LogP contribution >= 0.6 is 0 Å². The highest BCUT2D eigenvalue weighted by Crippen LogP contribution is 2.36. The minimum absolute atomic E-state index is 0.329. The summed E-state index contributed by atoms with van der Waals surface area (Å²) in [6.45, 7) is 7.97. The van der Waals surface area contributed by atoms with Crippen molar-refractivity contribution in [2.45, 2.75) is 52.7 Å². The highest BCUT2D eigenvalue weighted by atomic mass is 16.7. The standard InChI is InChI=1S/C18H26O3/c1-12(2)15-6-4-13(3)8-17(15)19-10-14-5-7-16-18(9-14)21-11-20-16/h5,7,9,12-13,15,17H,4,6,8,10-11H2,1-3H3. The summed E-state index contributed by atoms with van der Waals surface area (Å²) in [7, 11) is 0. The van der Waals surface area contributed by atoms with E-state index < -0.39 is 0 Å². The lowest BCUT2D eigenvalue weighted by Crippen LogP contribution is -2.34. The Labute approximate surface area is 127 Å². The third-order valence-electron chi connectivity index (χ3n) is 4.86. The van der Waals surface area contributed by atoms with E-state index >= 15 is 0 Å². The van der Waals surface area contributed by atoms with Crippen LogP contribution in [0, 0.1) is 17.8 Å². The average Bonchev–Trinajstić information content (AvgIpc) is 2.92. The molecule has 1 aromatic carbocycles. The summed E-state index contributed by atoms with van der Waals surface area (Å²) in [6.07, 6.45) is 4.21. The van der Waals surface area contributed by atoms with Crippen LogP contribution in [-0.4, -0.2) is 12.9 Å². The van der Waals surface area contributed by atoms with Gasteiger partial charge in [0.2, 0.25) is 6.79 Å². The lowest BCUT2D eigenvalue weighted by atomic mass is 9.75. The summed E-state index contributed by atoms with van der Waals surface area (Å²) in [5.41, 5.74) is 1.17. The van der Waals surface area contributed by atoms with Crippen LogP contribution in [-0.2, 0) is 11.3 Å². The van der Waals surface area contributed by atoms with Gasteiger partial charge in [-0.2, -0.15) is 0 Å². The fourth-order valence-corrected chi connectivity index (χ4v) is 3.54. The van der Waals surface area contributed by atoms with Crippen molar-refractivity contribution >= 4 is 0 Å². The molecule has 0 aromatic heterocycles. The maximum Gasteiger partial charge on any atom is 0.231 e. The van der Waals surface area contributed by atoms with Gasteiger partial charge in [-0.15, -0.1) is 0 Å². The molecule has 3 rings (SSSR count). The normalized spacial score (nSPS) is 28.1. The smallest absolute Gasteiger partial charge is 0.231 e. The van der Waals surface area contributed by atoms with Crippen LogP contribution in [0.3, 0.4) is 0 Å². The topological polar surface area (TPSA) is 27.7 Å². The maximum absolute atomic E-state index is 6.28. The first-order valence-electron chi connectivity index (χ1n) is 8.13. The molecule has 1 aromatic rings. The zero-order valence-electron chi connectivity index (χ0n) is 13.3. The van der Waals surface area contributed by atoms with E-state index in [4.69, 9.17) is 14.2 Å². The number of hydrogen-bond donors (Lipinski definition) is 0. The Morgan fingerprint density at radius 3 is 2.81 bits per heavy atom. The van der Waals surface area contributed by atoms with Crippen molar-refractivity contribution < 1.29 is 14.2 Å². The second kappa shape index (κ2) is 6.27. The predicted molar refractivity (Wildman–Crippen MR) is 82.5 cm³/mol. The molecular formula is C18H26O3. The van der Waals surface area contributed by atoms with Crippen molar-refractivity contribution in [3.05, 3.63) is 23.8 Å². The monoisotopic (exact) mass is 290 g/mol. The maximum atomic E-state index is 6.28. The van der Waals surface area contributed by atoms with Crippen molar-refractivity contribution in [3.8, 4) is 11.5 Å². The van der Waals surface area contributed by atoms with Gasteiger partial charge in [0.05, 0.1) is 12.7 Å². The summed E-state index contributed by atoms with van der Waals surface area (Å²) < 4.78 is 17.1. The molecule has 21 heavy (non-hydrogen) atoms. The molecule has 0 saturated heterocycles. The molecule has 0 amide bonds. The summed E-state index contributed by atoms with van der Waals surface area (Å²) in [4.78, 5) is 0. The molecule has 0 bridgehead atoms. The first kappa shape index (κ1) is 14.7. The number of ether oxygens (including phenoxy) is 3. The molecule has 116 valence electrons. The van der Waals surface area contributed by atoms with Gasteiger partial charge in [-0.05, 0) is 48.3 Å². The largest absolute Gasteiger partial charge is 0.454 e. The molecule has 3 heteroatoms. The molecule has 3 nitrogen and oxygen atoms in total. The van der Waals surface area contributed by atoms with E-state index in [9.17, 15) is 0 Å². The van der Waals surface area contributed by atoms with Gasteiger partial charge in [0.15, 0.2) is 11.5 Å². The van der Waals surface area contributed by atoms with Gasteiger partial charge < -0.3 is 14.2 Å². The molecule has 0 N–H and O–H groups in total. The van der Waals surface area contributed by atoms with Crippen LogP contribution in [0.4, 0.5) is 0 Å². The molecule has 0 spiro atoms. The van der Waals surface area contributed by atoms with E-state index in [1.54, 1.807) is 0 Å². The summed E-state index contributed by atoms with van der Waals surface area (Å²) >= 11 is 0.